The molecule has 1 aromatic rings. The Kier molecular flexibility index (Phi) is 3.56. The minimum Gasteiger partial charge on any atom is -0.481 e. The number of carboxylic acid groups (broad SMARTS) is 1. The highest BCUT2D eigenvalue weighted by atomic mass is 32.1. The molecule has 2 heterocycles. The van der Waals surface area contributed by atoms with E-state index in [9.17, 15) is 4.79 Å². The molecule has 0 aromatic carbocycles. The van der Waals surface area contributed by atoms with Crippen molar-refractivity contribution in [2.24, 2.45) is 0 Å². The van der Waals surface area contributed by atoms with Crippen LogP contribution in [0.15, 0.2) is 5.38 Å². The van der Waals surface area contributed by atoms with Gasteiger partial charge in [-0.05, 0) is 26.4 Å². The summed E-state index contributed by atoms with van der Waals surface area (Å²) in [5.74, 6) is -0.808. The fourth-order valence-corrected chi connectivity index (χ4v) is 2.97. The number of thiazole rings is 1. The fourth-order valence-electron chi connectivity index (χ4n) is 2.14. The molecule has 88 valence electrons. The van der Waals surface area contributed by atoms with Crippen molar-refractivity contribution >= 4 is 17.3 Å². The summed E-state index contributed by atoms with van der Waals surface area (Å²) in [6, 6.07) is 0.382. The molecule has 0 radical (unpaired) electrons. The van der Waals surface area contributed by atoms with Crippen molar-refractivity contribution in [1.82, 2.24) is 9.88 Å². The minimum absolute atomic E-state index is 0.0428. The van der Waals surface area contributed by atoms with Crippen LogP contribution in [-0.2, 0) is 11.2 Å². The van der Waals surface area contributed by atoms with Crippen LogP contribution in [0.2, 0.25) is 0 Å². The summed E-state index contributed by atoms with van der Waals surface area (Å²) in [4.78, 5) is 17.3. The maximum Gasteiger partial charge on any atom is 0.310 e. The van der Waals surface area contributed by atoms with E-state index in [4.69, 9.17) is 5.11 Å². The summed E-state index contributed by atoms with van der Waals surface area (Å²) in [7, 11) is 2.11. The van der Waals surface area contributed by atoms with Crippen molar-refractivity contribution in [3.63, 3.8) is 0 Å². The second kappa shape index (κ2) is 4.93. The fraction of sp³-hybridized carbons (Fsp3) is 0.636. The molecule has 0 bridgehead atoms. The third-order valence-electron chi connectivity index (χ3n) is 2.98. The van der Waals surface area contributed by atoms with Crippen LogP contribution in [0.3, 0.4) is 0 Å². The van der Waals surface area contributed by atoms with Crippen molar-refractivity contribution in [3.05, 3.63) is 16.1 Å². The number of likely N-dealkylation sites (tertiary alicyclic amines) is 1. The molecule has 1 fully saturated rings. The normalized spacial score (nSPS) is 22.2. The molecule has 1 aromatic heterocycles. The number of aromatic nitrogens is 1. The second-order valence-corrected chi connectivity index (χ2v) is 5.17. The van der Waals surface area contributed by atoms with Gasteiger partial charge in [-0.25, -0.2) is 4.98 Å². The van der Waals surface area contributed by atoms with Gasteiger partial charge in [-0.15, -0.1) is 11.3 Å². The van der Waals surface area contributed by atoms with Crippen LogP contribution in [0, 0.1) is 0 Å². The summed E-state index contributed by atoms with van der Waals surface area (Å²) < 4.78 is 0. The number of rotatable bonds is 3. The summed E-state index contributed by atoms with van der Waals surface area (Å²) in [6.45, 7) is 1.11. The van der Waals surface area contributed by atoms with Gasteiger partial charge in [0, 0.05) is 5.38 Å². The first-order valence-corrected chi connectivity index (χ1v) is 6.41. The molecule has 1 aliphatic heterocycles. The zero-order chi connectivity index (χ0) is 11.5. The lowest BCUT2D eigenvalue weighted by Crippen LogP contribution is -2.29. The molecule has 0 spiro atoms. The quantitative estimate of drug-likeness (QED) is 0.877. The third-order valence-corrected chi connectivity index (χ3v) is 3.85. The molecule has 2 rings (SSSR count). The molecular formula is C11H16N2O2S. The maximum atomic E-state index is 10.6. The number of carboxylic acids is 1. The van der Waals surface area contributed by atoms with E-state index in [0.717, 1.165) is 18.7 Å². The monoisotopic (exact) mass is 240 g/mol. The molecule has 1 N–H and O–H groups in total. The van der Waals surface area contributed by atoms with Gasteiger partial charge in [0.1, 0.15) is 5.01 Å². The Morgan fingerprint density at radius 3 is 3.19 bits per heavy atom. The highest BCUT2D eigenvalue weighted by Crippen LogP contribution is 2.30. The molecule has 1 unspecified atom stereocenters. The summed E-state index contributed by atoms with van der Waals surface area (Å²) in [5.41, 5.74) is 1.04. The van der Waals surface area contributed by atoms with Gasteiger partial charge in [0.2, 0.25) is 0 Å². The molecule has 4 nitrogen and oxygen atoms in total. The first kappa shape index (κ1) is 11.5. The Bertz CT molecular complexity index is 378. The van der Waals surface area contributed by atoms with E-state index in [-0.39, 0.29) is 6.42 Å². The average molecular weight is 240 g/mol. The van der Waals surface area contributed by atoms with Gasteiger partial charge < -0.3 is 5.11 Å². The predicted molar refractivity (Wildman–Crippen MR) is 62.7 cm³/mol. The van der Waals surface area contributed by atoms with Crippen molar-refractivity contribution < 1.29 is 9.90 Å². The first-order valence-electron chi connectivity index (χ1n) is 5.53. The van der Waals surface area contributed by atoms with Gasteiger partial charge in [-0.2, -0.15) is 0 Å². The van der Waals surface area contributed by atoms with Gasteiger partial charge in [0.15, 0.2) is 0 Å². The van der Waals surface area contributed by atoms with Crippen LogP contribution in [0.4, 0.5) is 0 Å². The minimum atomic E-state index is -0.808. The molecular weight excluding hydrogens is 224 g/mol. The Hall–Kier alpha value is -0.940. The van der Waals surface area contributed by atoms with Crippen molar-refractivity contribution in [2.75, 3.05) is 13.6 Å². The SMILES string of the molecule is CN1CCCCC1c1csc(CC(=O)O)n1. The molecule has 5 heteroatoms. The lowest BCUT2D eigenvalue weighted by atomic mass is 10.0. The molecule has 16 heavy (non-hydrogen) atoms. The van der Waals surface area contributed by atoms with Crippen molar-refractivity contribution in [2.45, 2.75) is 31.7 Å². The Labute approximate surface area is 98.9 Å². The maximum absolute atomic E-state index is 10.6. The smallest absolute Gasteiger partial charge is 0.310 e. The molecule has 1 atom stereocenters. The van der Waals surface area contributed by atoms with Crippen LogP contribution in [0.25, 0.3) is 0 Å². The van der Waals surface area contributed by atoms with E-state index in [2.05, 4.69) is 16.9 Å². The Morgan fingerprint density at radius 1 is 1.69 bits per heavy atom. The molecule has 0 saturated carbocycles. The number of aliphatic carboxylic acids is 1. The van der Waals surface area contributed by atoms with E-state index < -0.39 is 5.97 Å². The molecule has 0 aliphatic carbocycles. The molecule has 1 aliphatic rings. The highest BCUT2D eigenvalue weighted by Gasteiger charge is 2.23. The average Bonchev–Trinajstić information content (AvgIpc) is 2.66. The third kappa shape index (κ3) is 2.59. The van der Waals surface area contributed by atoms with Crippen LogP contribution in [-0.4, -0.2) is 34.6 Å². The lowest BCUT2D eigenvalue weighted by molar-refractivity contribution is -0.136. The van der Waals surface area contributed by atoms with Crippen molar-refractivity contribution in [3.8, 4) is 0 Å². The Balaban J connectivity index is 2.08. The predicted octanol–water partition coefficient (Wildman–Crippen LogP) is 1.93. The number of carbonyl (C=O) groups is 1. The van der Waals surface area contributed by atoms with Gasteiger partial charge in [-0.3, -0.25) is 9.69 Å². The van der Waals surface area contributed by atoms with Crippen LogP contribution >= 0.6 is 11.3 Å². The number of hydrogen-bond donors (Lipinski definition) is 1. The largest absolute Gasteiger partial charge is 0.481 e. The summed E-state index contributed by atoms with van der Waals surface area (Å²) in [6.07, 6.45) is 3.66. The molecule has 1 saturated heterocycles. The number of nitrogens with zero attached hydrogens (tertiary/aromatic N) is 2. The number of hydrogen-bond acceptors (Lipinski definition) is 4. The summed E-state index contributed by atoms with van der Waals surface area (Å²) >= 11 is 1.45. The van der Waals surface area contributed by atoms with E-state index in [1.807, 2.05) is 5.38 Å². The first-order chi connectivity index (χ1) is 7.66. The van der Waals surface area contributed by atoms with E-state index in [1.54, 1.807) is 0 Å². The molecule has 0 amide bonds. The zero-order valence-electron chi connectivity index (χ0n) is 9.35. The standard InChI is InChI=1S/C11H16N2O2S/c1-13-5-3-2-4-9(13)8-7-16-10(12-8)6-11(14)15/h7,9H,2-6H2,1H3,(H,14,15). The highest BCUT2D eigenvalue weighted by molar-refractivity contribution is 7.09. The zero-order valence-corrected chi connectivity index (χ0v) is 10.2. The summed E-state index contributed by atoms with van der Waals surface area (Å²) in [5, 5.41) is 11.4. The van der Waals surface area contributed by atoms with Gasteiger partial charge in [0.05, 0.1) is 18.2 Å². The topological polar surface area (TPSA) is 53.4 Å². The van der Waals surface area contributed by atoms with Gasteiger partial charge in [0.25, 0.3) is 0 Å². The Morgan fingerprint density at radius 2 is 2.50 bits per heavy atom. The number of piperidine rings is 1. The van der Waals surface area contributed by atoms with Crippen molar-refractivity contribution in [1.29, 1.82) is 0 Å². The van der Waals surface area contributed by atoms with E-state index in [0.29, 0.717) is 11.0 Å². The van der Waals surface area contributed by atoms with E-state index in [1.165, 1.54) is 24.2 Å². The van der Waals surface area contributed by atoms with Crippen LogP contribution in [0.5, 0.6) is 0 Å². The van der Waals surface area contributed by atoms with E-state index >= 15 is 0 Å². The lowest BCUT2D eigenvalue weighted by Gasteiger charge is -2.31. The van der Waals surface area contributed by atoms with Gasteiger partial charge >= 0.3 is 5.97 Å². The van der Waals surface area contributed by atoms with Crippen LogP contribution < -0.4 is 0 Å². The van der Waals surface area contributed by atoms with Crippen LogP contribution in [0.1, 0.15) is 36.0 Å². The van der Waals surface area contributed by atoms with Gasteiger partial charge in [-0.1, -0.05) is 6.42 Å². The second-order valence-electron chi connectivity index (χ2n) is 4.23.